The van der Waals surface area contributed by atoms with Crippen LogP contribution in [0.25, 0.3) is 11.3 Å². The van der Waals surface area contributed by atoms with Crippen LogP contribution in [0.15, 0.2) is 28.5 Å². The van der Waals surface area contributed by atoms with Crippen LogP contribution >= 0.6 is 34.7 Å². The van der Waals surface area contributed by atoms with E-state index in [1.165, 1.54) is 4.90 Å². The van der Waals surface area contributed by atoms with Gasteiger partial charge in [-0.3, -0.25) is 0 Å². The zero-order valence-electron chi connectivity index (χ0n) is 9.61. The van der Waals surface area contributed by atoms with Gasteiger partial charge in [-0.1, -0.05) is 11.6 Å². The Morgan fingerprint density at radius 1 is 1.47 bits per heavy atom. The van der Waals surface area contributed by atoms with Crippen LogP contribution < -0.4 is 5.73 Å². The van der Waals surface area contributed by atoms with E-state index >= 15 is 0 Å². The van der Waals surface area contributed by atoms with E-state index in [1.54, 1.807) is 23.1 Å². The molecule has 1 atom stereocenters. The van der Waals surface area contributed by atoms with Gasteiger partial charge in [0, 0.05) is 20.9 Å². The number of aromatic nitrogens is 1. The predicted molar refractivity (Wildman–Crippen MR) is 76.9 cm³/mol. The second kappa shape index (κ2) is 5.40. The van der Waals surface area contributed by atoms with E-state index in [1.807, 2.05) is 36.8 Å². The van der Waals surface area contributed by atoms with Gasteiger partial charge in [0.2, 0.25) is 0 Å². The van der Waals surface area contributed by atoms with E-state index in [-0.39, 0.29) is 6.04 Å². The topological polar surface area (TPSA) is 38.9 Å². The number of thioether (sulfide) groups is 1. The maximum atomic E-state index is 6.03. The molecule has 90 valence electrons. The van der Waals surface area contributed by atoms with Crippen molar-refractivity contribution in [3.8, 4) is 11.3 Å². The first-order valence-electron chi connectivity index (χ1n) is 5.16. The van der Waals surface area contributed by atoms with Gasteiger partial charge in [0.15, 0.2) is 0 Å². The Morgan fingerprint density at radius 2 is 2.24 bits per heavy atom. The second-order valence-corrected chi connectivity index (χ2v) is 5.88. The zero-order valence-corrected chi connectivity index (χ0v) is 12.0. The van der Waals surface area contributed by atoms with Crippen molar-refractivity contribution >= 4 is 34.7 Å². The number of hydrogen-bond acceptors (Lipinski definition) is 4. The van der Waals surface area contributed by atoms with Crippen molar-refractivity contribution in [1.82, 2.24) is 4.98 Å². The standard InChI is InChI=1S/C12H13ClN2S2/c1-7(14)12-15-10(6-17-12)9-5-8(13)3-4-11(9)16-2/h3-7H,14H2,1-2H3. The summed E-state index contributed by atoms with van der Waals surface area (Å²) in [5.74, 6) is 0. The molecule has 0 spiro atoms. The molecule has 1 aromatic heterocycles. The van der Waals surface area contributed by atoms with E-state index < -0.39 is 0 Å². The molecule has 5 heteroatoms. The van der Waals surface area contributed by atoms with Crippen LogP contribution in [-0.4, -0.2) is 11.2 Å². The number of benzene rings is 1. The lowest BCUT2D eigenvalue weighted by atomic mass is 10.2. The third-order valence-electron chi connectivity index (χ3n) is 2.35. The highest BCUT2D eigenvalue weighted by atomic mass is 35.5. The van der Waals surface area contributed by atoms with Gasteiger partial charge < -0.3 is 5.73 Å². The third-order valence-corrected chi connectivity index (χ3v) is 4.43. The van der Waals surface area contributed by atoms with Gasteiger partial charge in [0.05, 0.1) is 11.7 Å². The highest BCUT2D eigenvalue weighted by Gasteiger charge is 2.11. The predicted octanol–water partition coefficient (Wildman–Crippen LogP) is 4.21. The molecule has 0 aliphatic rings. The average molecular weight is 285 g/mol. The second-order valence-electron chi connectivity index (χ2n) is 3.70. The van der Waals surface area contributed by atoms with Crippen molar-refractivity contribution in [2.75, 3.05) is 6.26 Å². The van der Waals surface area contributed by atoms with Crippen LogP contribution in [0, 0.1) is 0 Å². The molecule has 2 aromatic rings. The molecule has 0 saturated heterocycles. The van der Waals surface area contributed by atoms with Gasteiger partial charge in [-0.15, -0.1) is 23.1 Å². The molecule has 1 unspecified atom stereocenters. The minimum Gasteiger partial charge on any atom is -0.322 e. The Morgan fingerprint density at radius 3 is 2.82 bits per heavy atom. The summed E-state index contributed by atoms with van der Waals surface area (Å²) in [6.45, 7) is 1.94. The Hall–Kier alpha value is -0.550. The lowest BCUT2D eigenvalue weighted by Gasteiger charge is -2.05. The van der Waals surface area contributed by atoms with E-state index in [4.69, 9.17) is 17.3 Å². The number of nitrogens with two attached hydrogens (primary N) is 1. The molecule has 0 aliphatic heterocycles. The van der Waals surface area contributed by atoms with Crippen molar-refractivity contribution < 1.29 is 0 Å². The average Bonchev–Trinajstić information content (AvgIpc) is 2.78. The molecule has 2 nitrogen and oxygen atoms in total. The monoisotopic (exact) mass is 284 g/mol. The third kappa shape index (κ3) is 2.83. The van der Waals surface area contributed by atoms with Crippen LogP contribution in [0.4, 0.5) is 0 Å². The van der Waals surface area contributed by atoms with Crippen LogP contribution in [0.2, 0.25) is 5.02 Å². The highest BCUT2D eigenvalue weighted by Crippen LogP contribution is 2.33. The van der Waals surface area contributed by atoms with Gasteiger partial charge in [-0.2, -0.15) is 0 Å². The van der Waals surface area contributed by atoms with Crippen molar-refractivity contribution in [2.24, 2.45) is 5.73 Å². The number of hydrogen-bond donors (Lipinski definition) is 1. The van der Waals surface area contributed by atoms with Gasteiger partial charge in [-0.25, -0.2) is 4.98 Å². The normalized spacial score (nSPS) is 12.7. The Bertz CT molecular complexity index is 523. The molecule has 0 bridgehead atoms. The van der Waals surface area contributed by atoms with Gasteiger partial charge in [0.1, 0.15) is 5.01 Å². The number of thiazole rings is 1. The summed E-state index contributed by atoms with van der Waals surface area (Å²) in [4.78, 5) is 5.73. The molecular weight excluding hydrogens is 272 g/mol. The molecule has 17 heavy (non-hydrogen) atoms. The summed E-state index contributed by atoms with van der Waals surface area (Å²) in [5, 5.41) is 3.71. The molecule has 2 N–H and O–H groups in total. The maximum absolute atomic E-state index is 6.03. The fourth-order valence-electron chi connectivity index (χ4n) is 1.50. The SMILES string of the molecule is CSc1ccc(Cl)cc1-c1csc(C(C)N)n1. The molecular formula is C12H13ClN2S2. The summed E-state index contributed by atoms with van der Waals surface area (Å²) in [7, 11) is 0. The molecule has 1 aromatic carbocycles. The molecule has 0 amide bonds. The highest BCUT2D eigenvalue weighted by molar-refractivity contribution is 7.98. The number of nitrogens with zero attached hydrogens (tertiary/aromatic N) is 1. The molecule has 0 fully saturated rings. The Balaban J connectivity index is 2.47. The zero-order chi connectivity index (χ0) is 12.4. The first-order valence-corrected chi connectivity index (χ1v) is 7.65. The minimum absolute atomic E-state index is 0.0225. The molecule has 2 rings (SSSR count). The first kappa shape index (κ1) is 12.9. The quantitative estimate of drug-likeness (QED) is 0.859. The Kier molecular flexibility index (Phi) is 4.09. The largest absolute Gasteiger partial charge is 0.322 e. The molecule has 0 saturated carbocycles. The summed E-state index contributed by atoms with van der Waals surface area (Å²) >= 11 is 9.32. The van der Waals surface area contributed by atoms with E-state index in [9.17, 15) is 0 Å². The van der Waals surface area contributed by atoms with E-state index in [0.717, 1.165) is 21.3 Å². The molecule has 0 aliphatic carbocycles. The Labute approximate surface area is 114 Å². The number of halogens is 1. The van der Waals surface area contributed by atoms with E-state index in [2.05, 4.69) is 4.98 Å². The van der Waals surface area contributed by atoms with Crippen molar-refractivity contribution in [2.45, 2.75) is 17.9 Å². The first-order chi connectivity index (χ1) is 8.11. The smallest absolute Gasteiger partial charge is 0.110 e. The van der Waals surface area contributed by atoms with Gasteiger partial charge in [-0.05, 0) is 31.4 Å². The van der Waals surface area contributed by atoms with Gasteiger partial charge in [0.25, 0.3) is 0 Å². The lowest BCUT2D eigenvalue weighted by molar-refractivity contribution is 0.808. The summed E-state index contributed by atoms with van der Waals surface area (Å²) < 4.78 is 0. The lowest BCUT2D eigenvalue weighted by Crippen LogP contribution is -2.03. The van der Waals surface area contributed by atoms with E-state index in [0.29, 0.717) is 0 Å². The van der Waals surface area contributed by atoms with Crippen molar-refractivity contribution in [3.63, 3.8) is 0 Å². The maximum Gasteiger partial charge on any atom is 0.110 e. The minimum atomic E-state index is -0.0225. The van der Waals surface area contributed by atoms with Crippen molar-refractivity contribution in [1.29, 1.82) is 0 Å². The van der Waals surface area contributed by atoms with Crippen molar-refractivity contribution in [3.05, 3.63) is 33.6 Å². The van der Waals surface area contributed by atoms with Crippen LogP contribution in [0.1, 0.15) is 18.0 Å². The van der Waals surface area contributed by atoms with Gasteiger partial charge >= 0.3 is 0 Å². The summed E-state index contributed by atoms with van der Waals surface area (Å²) in [5.41, 5.74) is 7.85. The fraction of sp³-hybridized carbons (Fsp3) is 0.250. The molecule has 1 heterocycles. The molecule has 0 radical (unpaired) electrons. The summed E-state index contributed by atoms with van der Waals surface area (Å²) in [6, 6.07) is 5.85. The van der Waals surface area contributed by atoms with Crippen LogP contribution in [-0.2, 0) is 0 Å². The van der Waals surface area contributed by atoms with Crippen LogP contribution in [0.3, 0.4) is 0 Å². The summed E-state index contributed by atoms with van der Waals surface area (Å²) in [6.07, 6.45) is 2.05. The fourth-order valence-corrected chi connectivity index (χ4v) is 3.04. The van der Waals surface area contributed by atoms with Crippen LogP contribution in [0.5, 0.6) is 0 Å². The number of rotatable bonds is 3.